The lowest BCUT2D eigenvalue weighted by Crippen LogP contribution is -2.27. The topological polar surface area (TPSA) is 55.3 Å². The number of rotatable bonds is 5. The molecule has 0 aromatic carbocycles. The average Bonchev–Trinajstić information content (AvgIpc) is 2.29. The molecule has 16 heavy (non-hydrogen) atoms. The fraction of sp³-hybridized carbons (Fsp3) is 0.545. The molecule has 88 valence electrons. The number of aromatic nitrogens is 2. The van der Waals surface area contributed by atoms with Crippen LogP contribution in [0.3, 0.4) is 0 Å². The average molecular weight is 223 g/mol. The second-order valence-corrected chi connectivity index (χ2v) is 3.38. The van der Waals surface area contributed by atoms with Crippen molar-refractivity contribution < 1.29 is 9.53 Å². The Morgan fingerprint density at radius 3 is 2.81 bits per heavy atom. The zero-order valence-corrected chi connectivity index (χ0v) is 9.93. The quantitative estimate of drug-likeness (QED) is 0.698. The van der Waals surface area contributed by atoms with Gasteiger partial charge in [0.05, 0.1) is 6.61 Å². The zero-order chi connectivity index (χ0) is 12.0. The Balaban J connectivity index is 2.64. The molecule has 0 N–H and O–H groups in total. The fourth-order valence-corrected chi connectivity index (χ4v) is 1.27. The summed E-state index contributed by atoms with van der Waals surface area (Å²) in [5, 5.41) is 0. The third-order valence-electron chi connectivity index (χ3n) is 2.13. The minimum atomic E-state index is -0.248. The molecule has 1 rings (SSSR count). The summed E-state index contributed by atoms with van der Waals surface area (Å²) in [6.07, 6.45) is 2.36. The molecule has 5 nitrogen and oxygen atoms in total. The van der Waals surface area contributed by atoms with Gasteiger partial charge in [-0.2, -0.15) is 0 Å². The standard InChI is InChI=1S/C11H17N3O2/c1-4-9-6-10(13-8-12-9)14(3)7-11(15)16-5-2/h6,8H,4-5,7H2,1-3H3. The molecule has 1 aromatic heterocycles. The Morgan fingerprint density at radius 1 is 1.44 bits per heavy atom. The molecular formula is C11H17N3O2. The number of hydrogen-bond acceptors (Lipinski definition) is 5. The van der Waals surface area contributed by atoms with E-state index in [4.69, 9.17) is 4.74 Å². The summed E-state index contributed by atoms with van der Waals surface area (Å²) in [5.41, 5.74) is 0.959. The van der Waals surface area contributed by atoms with Crippen molar-refractivity contribution in [3.05, 3.63) is 18.1 Å². The number of carbonyl (C=O) groups excluding carboxylic acids is 1. The molecule has 1 aromatic rings. The molecule has 0 amide bonds. The highest BCUT2D eigenvalue weighted by Crippen LogP contribution is 2.09. The van der Waals surface area contributed by atoms with E-state index < -0.39 is 0 Å². The lowest BCUT2D eigenvalue weighted by molar-refractivity contribution is -0.141. The van der Waals surface area contributed by atoms with E-state index in [0.717, 1.165) is 17.9 Å². The second-order valence-electron chi connectivity index (χ2n) is 3.38. The summed E-state index contributed by atoms with van der Waals surface area (Å²) < 4.78 is 4.87. The molecule has 0 unspecified atom stereocenters. The molecule has 0 atom stereocenters. The Kier molecular flexibility index (Phi) is 4.69. The van der Waals surface area contributed by atoms with Crippen LogP contribution in [-0.4, -0.2) is 36.1 Å². The van der Waals surface area contributed by atoms with Gasteiger partial charge in [-0.3, -0.25) is 4.79 Å². The molecule has 0 radical (unpaired) electrons. The molecule has 1 heterocycles. The van der Waals surface area contributed by atoms with E-state index in [2.05, 4.69) is 9.97 Å². The van der Waals surface area contributed by atoms with Crippen molar-refractivity contribution in [2.75, 3.05) is 25.1 Å². The van der Waals surface area contributed by atoms with Crippen LogP contribution in [0.4, 0.5) is 5.82 Å². The van der Waals surface area contributed by atoms with Gasteiger partial charge in [-0.1, -0.05) is 6.92 Å². The third kappa shape index (κ3) is 3.49. The van der Waals surface area contributed by atoms with E-state index >= 15 is 0 Å². The molecule has 5 heteroatoms. The van der Waals surface area contributed by atoms with E-state index in [9.17, 15) is 4.79 Å². The molecule has 0 bridgehead atoms. The van der Waals surface area contributed by atoms with Crippen LogP contribution in [0.1, 0.15) is 19.5 Å². The van der Waals surface area contributed by atoms with Crippen LogP contribution in [-0.2, 0) is 16.0 Å². The van der Waals surface area contributed by atoms with Crippen LogP contribution in [0.15, 0.2) is 12.4 Å². The predicted molar refractivity (Wildman–Crippen MR) is 61.3 cm³/mol. The van der Waals surface area contributed by atoms with Crippen LogP contribution in [0.25, 0.3) is 0 Å². The van der Waals surface area contributed by atoms with Crippen molar-refractivity contribution in [2.45, 2.75) is 20.3 Å². The summed E-state index contributed by atoms with van der Waals surface area (Å²) in [4.78, 5) is 21.2. The Labute approximate surface area is 95.5 Å². The van der Waals surface area contributed by atoms with Crippen LogP contribution in [0, 0.1) is 0 Å². The van der Waals surface area contributed by atoms with Gasteiger partial charge in [0, 0.05) is 18.8 Å². The fourth-order valence-electron chi connectivity index (χ4n) is 1.27. The minimum absolute atomic E-state index is 0.202. The van der Waals surface area contributed by atoms with Crippen molar-refractivity contribution in [3.63, 3.8) is 0 Å². The van der Waals surface area contributed by atoms with E-state index in [1.165, 1.54) is 6.33 Å². The van der Waals surface area contributed by atoms with Crippen molar-refractivity contribution in [1.82, 2.24) is 9.97 Å². The Bertz CT molecular complexity index is 355. The van der Waals surface area contributed by atoms with Crippen LogP contribution < -0.4 is 4.90 Å². The first-order valence-corrected chi connectivity index (χ1v) is 5.35. The van der Waals surface area contributed by atoms with Crippen LogP contribution in [0.5, 0.6) is 0 Å². The zero-order valence-electron chi connectivity index (χ0n) is 9.93. The SMILES string of the molecule is CCOC(=O)CN(C)c1cc(CC)ncn1. The maximum Gasteiger partial charge on any atom is 0.325 e. The summed E-state index contributed by atoms with van der Waals surface area (Å²) in [5.74, 6) is 0.488. The van der Waals surface area contributed by atoms with Crippen molar-refractivity contribution in [2.24, 2.45) is 0 Å². The van der Waals surface area contributed by atoms with Gasteiger partial charge < -0.3 is 9.64 Å². The first kappa shape index (κ1) is 12.4. The van der Waals surface area contributed by atoms with E-state index in [1.54, 1.807) is 18.9 Å². The molecule has 0 spiro atoms. The largest absolute Gasteiger partial charge is 0.465 e. The molecule has 0 fully saturated rings. The molecular weight excluding hydrogens is 206 g/mol. The number of nitrogens with zero attached hydrogens (tertiary/aromatic N) is 3. The number of carbonyl (C=O) groups is 1. The number of aryl methyl sites for hydroxylation is 1. The Hall–Kier alpha value is -1.65. The van der Waals surface area contributed by atoms with Gasteiger partial charge in [-0.15, -0.1) is 0 Å². The van der Waals surface area contributed by atoms with Crippen LogP contribution >= 0.6 is 0 Å². The number of anilines is 1. The van der Waals surface area contributed by atoms with Crippen molar-refractivity contribution in [1.29, 1.82) is 0 Å². The smallest absolute Gasteiger partial charge is 0.325 e. The van der Waals surface area contributed by atoms with E-state index in [-0.39, 0.29) is 12.5 Å². The van der Waals surface area contributed by atoms with Gasteiger partial charge in [-0.05, 0) is 13.3 Å². The number of likely N-dealkylation sites (N-methyl/N-ethyl adjacent to an activating group) is 1. The lowest BCUT2D eigenvalue weighted by atomic mass is 10.3. The molecule has 0 aliphatic carbocycles. The highest BCUT2D eigenvalue weighted by atomic mass is 16.5. The maximum atomic E-state index is 11.3. The van der Waals surface area contributed by atoms with E-state index in [0.29, 0.717) is 6.61 Å². The van der Waals surface area contributed by atoms with Crippen LogP contribution in [0.2, 0.25) is 0 Å². The summed E-state index contributed by atoms with van der Waals surface area (Å²) >= 11 is 0. The number of hydrogen-bond donors (Lipinski definition) is 0. The van der Waals surface area contributed by atoms with Gasteiger partial charge >= 0.3 is 5.97 Å². The minimum Gasteiger partial charge on any atom is -0.465 e. The normalized spacial score (nSPS) is 9.94. The maximum absolute atomic E-state index is 11.3. The summed E-state index contributed by atoms with van der Waals surface area (Å²) in [6.45, 7) is 4.42. The molecule has 0 aliphatic rings. The van der Waals surface area contributed by atoms with E-state index in [1.807, 2.05) is 13.0 Å². The lowest BCUT2D eigenvalue weighted by Gasteiger charge is -2.16. The van der Waals surface area contributed by atoms with Gasteiger partial charge in [0.1, 0.15) is 18.7 Å². The van der Waals surface area contributed by atoms with Gasteiger partial charge in [0.2, 0.25) is 0 Å². The summed E-state index contributed by atoms with van der Waals surface area (Å²) in [7, 11) is 1.80. The molecule has 0 aliphatic heterocycles. The first-order chi connectivity index (χ1) is 7.67. The highest BCUT2D eigenvalue weighted by molar-refractivity contribution is 5.75. The number of esters is 1. The third-order valence-corrected chi connectivity index (χ3v) is 2.13. The first-order valence-electron chi connectivity index (χ1n) is 5.35. The molecule has 0 saturated heterocycles. The van der Waals surface area contributed by atoms with Crippen molar-refractivity contribution >= 4 is 11.8 Å². The monoisotopic (exact) mass is 223 g/mol. The predicted octanol–water partition coefficient (Wildman–Crippen LogP) is 1.04. The van der Waals surface area contributed by atoms with Gasteiger partial charge in [0.25, 0.3) is 0 Å². The number of ether oxygens (including phenoxy) is 1. The molecule has 0 saturated carbocycles. The summed E-state index contributed by atoms with van der Waals surface area (Å²) in [6, 6.07) is 1.87. The Morgan fingerprint density at radius 2 is 2.19 bits per heavy atom. The van der Waals surface area contributed by atoms with Gasteiger partial charge in [-0.25, -0.2) is 9.97 Å². The van der Waals surface area contributed by atoms with Gasteiger partial charge in [0.15, 0.2) is 0 Å². The van der Waals surface area contributed by atoms with Crippen molar-refractivity contribution in [3.8, 4) is 0 Å². The second kappa shape index (κ2) is 6.05. The highest BCUT2D eigenvalue weighted by Gasteiger charge is 2.09.